The number of benzene rings is 2. The summed E-state index contributed by atoms with van der Waals surface area (Å²) in [5, 5.41) is 3.50. The molecule has 2 amide bonds. The third kappa shape index (κ3) is 5.79. The number of likely N-dealkylation sites (tertiary alicyclic amines) is 1. The molecule has 2 aromatic rings. The highest BCUT2D eigenvalue weighted by Crippen LogP contribution is 2.42. The number of nitrogens with zero attached hydrogens (tertiary/aromatic N) is 1. The molecule has 3 rings (SSSR count). The summed E-state index contributed by atoms with van der Waals surface area (Å²) in [4.78, 5) is 27.6. The zero-order valence-electron chi connectivity index (χ0n) is 18.6. The van der Waals surface area contributed by atoms with Gasteiger partial charge in [-0.15, -0.1) is 0 Å². The molecular formula is C25H31ClN2O3. The second-order valence-corrected chi connectivity index (χ2v) is 9.65. The smallest absolute Gasteiger partial charge is 0.410 e. The van der Waals surface area contributed by atoms with Gasteiger partial charge in [-0.2, -0.15) is 0 Å². The lowest BCUT2D eigenvalue weighted by Gasteiger charge is -2.45. The highest BCUT2D eigenvalue weighted by atomic mass is 35.5. The first kappa shape index (κ1) is 23.1. The molecule has 5 nitrogen and oxygen atoms in total. The second kappa shape index (κ2) is 9.73. The third-order valence-electron chi connectivity index (χ3n) is 5.97. The van der Waals surface area contributed by atoms with Crippen LogP contribution in [0.5, 0.6) is 5.75 Å². The Hall–Kier alpha value is -2.53. The average Bonchev–Trinajstić information content (AvgIpc) is 2.72. The molecule has 2 aromatic carbocycles. The highest BCUT2D eigenvalue weighted by Gasteiger charge is 2.40. The van der Waals surface area contributed by atoms with Gasteiger partial charge in [0, 0.05) is 18.1 Å². The van der Waals surface area contributed by atoms with Gasteiger partial charge in [0.25, 0.3) is 0 Å². The monoisotopic (exact) mass is 442 g/mol. The number of rotatable bonds is 5. The van der Waals surface area contributed by atoms with E-state index in [-0.39, 0.29) is 17.2 Å². The summed E-state index contributed by atoms with van der Waals surface area (Å²) in [6.45, 7) is 9.50. The Morgan fingerprint density at radius 3 is 2.32 bits per heavy atom. The molecule has 0 spiro atoms. The van der Waals surface area contributed by atoms with Gasteiger partial charge in [0.05, 0.1) is 0 Å². The zero-order valence-corrected chi connectivity index (χ0v) is 19.4. The van der Waals surface area contributed by atoms with Crippen molar-refractivity contribution in [1.29, 1.82) is 0 Å². The second-order valence-electron chi connectivity index (χ2n) is 9.21. The molecule has 166 valence electrons. The number of amides is 2. The van der Waals surface area contributed by atoms with Crippen LogP contribution in [-0.4, -0.2) is 36.0 Å². The number of para-hydroxylation sites is 1. The van der Waals surface area contributed by atoms with Crippen molar-refractivity contribution in [3.8, 4) is 5.75 Å². The number of hydrogen-bond donors (Lipinski definition) is 1. The molecule has 2 atom stereocenters. The molecule has 0 bridgehead atoms. The maximum absolute atomic E-state index is 13.3. The first-order valence-corrected chi connectivity index (χ1v) is 11.1. The Morgan fingerprint density at radius 1 is 1.10 bits per heavy atom. The number of carbonyl (C=O) groups excluding carboxylic acids is 2. The largest absolute Gasteiger partial charge is 0.413 e. The number of carbonyl (C=O) groups is 2. The maximum Gasteiger partial charge on any atom is 0.413 e. The minimum atomic E-state index is -0.640. The lowest BCUT2D eigenvalue weighted by molar-refractivity contribution is -0.138. The predicted octanol–water partition coefficient (Wildman–Crippen LogP) is 5.50. The molecule has 31 heavy (non-hydrogen) atoms. The Kier molecular flexibility index (Phi) is 7.26. The van der Waals surface area contributed by atoms with Gasteiger partial charge >= 0.3 is 6.09 Å². The first-order chi connectivity index (χ1) is 14.7. The van der Waals surface area contributed by atoms with E-state index in [9.17, 15) is 9.59 Å². The van der Waals surface area contributed by atoms with E-state index in [1.807, 2.05) is 36.9 Å². The van der Waals surface area contributed by atoms with Crippen LogP contribution in [0.3, 0.4) is 0 Å². The quantitative estimate of drug-likeness (QED) is 0.665. The van der Waals surface area contributed by atoms with E-state index in [0.29, 0.717) is 24.8 Å². The fourth-order valence-electron chi connectivity index (χ4n) is 4.32. The van der Waals surface area contributed by atoms with E-state index in [2.05, 4.69) is 31.3 Å². The van der Waals surface area contributed by atoms with E-state index < -0.39 is 12.1 Å². The fourth-order valence-corrected chi connectivity index (χ4v) is 4.45. The topological polar surface area (TPSA) is 58.6 Å². The Balaban J connectivity index is 1.67. The van der Waals surface area contributed by atoms with Crippen LogP contribution in [0.4, 0.5) is 4.79 Å². The lowest BCUT2D eigenvalue weighted by atomic mass is 9.70. The Morgan fingerprint density at radius 2 is 1.74 bits per heavy atom. The highest BCUT2D eigenvalue weighted by molar-refractivity contribution is 6.30. The summed E-state index contributed by atoms with van der Waals surface area (Å²) in [6.07, 6.45) is 0.244. The third-order valence-corrected chi connectivity index (χ3v) is 6.23. The SMILES string of the molecule is CC(C)[C@@H](NC(=O)Oc1ccccc1)C(=O)N1CCC(c2ccc(Cl)cc2)C(C)(C)C1. The van der Waals surface area contributed by atoms with E-state index in [4.69, 9.17) is 16.3 Å². The summed E-state index contributed by atoms with van der Waals surface area (Å²) >= 11 is 6.05. The minimum absolute atomic E-state index is 0.0621. The molecular weight excluding hydrogens is 412 g/mol. The molecule has 1 fully saturated rings. The van der Waals surface area contributed by atoms with Crippen molar-refractivity contribution in [2.45, 2.75) is 46.1 Å². The summed E-state index contributed by atoms with van der Waals surface area (Å²) in [5.74, 6) is 0.651. The van der Waals surface area contributed by atoms with Crippen molar-refractivity contribution in [2.75, 3.05) is 13.1 Å². The number of ether oxygens (including phenoxy) is 1. The van der Waals surface area contributed by atoms with Crippen LogP contribution >= 0.6 is 11.6 Å². The van der Waals surface area contributed by atoms with Gasteiger partial charge in [-0.25, -0.2) is 4.79 Å². The van der Waals surface area contributed by atoms with E-state index >= 15 is 0 Å². The molecule has 0 saturated carbocycles. The van der Waals surface area contributed by atoms with Crippen LogP contribution in [0, 0.1) is 11.3 Å². The maximum atomic E-state index is 13.3. The van der Waals surface area contributed by atoms with Crippen LogP contribution in [0.15, 0.2) is 54.6 Å². The number of hydrogen-bond acceptors (Lipinski definition) is 3. The molecule has 0 aliphatic carbocycles. The molecule has 1 aliphatic heterocycles. The van der Waals surface area contributed by atoms with Crippen LogP contribution in [0.1, 0.15) is 45.6 Å². The number of halogens is 1. The normalized spacial score (nSPS) is 19.0. The van der Waals surface area contributed by atoms with Crippen LogP contribution in [0.25, 0.3) is 0 Å². The molecule has 1 saturated heterocycles. The van der Waals surface area contributed by atoms with Gasteiger partial charge in [0.1, 0.15) is 11.8 Å². The first-order valence-electron chi connectivity index (χ1n) is 10.7. The van der Waals surface area contributed by atoms with Gasteiger partial charge in [-0.1, -0.05) is 69.6 Å². The van der Waals surface area contributed by atoms with Gasteiger partial charge in [-0.3, -0.25) is 4.79 Å². The fraction of sp³-hybridized carbons (Fsp3) is 0.440. The van der Waals surface area contributed by atoms with E-state index in [0.717, 1.165) is 11.4 Å². The summed E-state index contributed by atoms with van der Waals surface area (Å²) in [7, 11) is 0. The standard InChI is InChI=1S/C25H31ClN2O3/c1-17(2)22(27-24(30)31-20-8-6-5-7-9-20)23(29)28-15-14-21(25(3,4)16-28)18-10-12-19(26)13-11-18/h5-13,17,21-22H,14-16H2,1-4H3,(H,27,30)/t21?,22-/m1/s1. The van der Waals surface area contributed by atoms with Crippen molar-refractivity contribution in [1.82, 2.24) is 10.2 Å². The van der Waals surface area contributed by atoms with Crippen molar-refractivity contribution >= 4 is 23.6 Å². The molecule has 1 N–H and O–H groups in total. The number of piperidine rings is 1. The zero-order chi connectivity index (χ0) is 22.6. The van der Waals surface area contributed by atoms with Crippen LogP contribution in [0.2, 0.25) is 5.02 Å². The predicted molar refractivity (Wildman–Crippen MR) is 123 cm³/mol. The summed E-state index contributed by atoms with van der Waals surface area (Å²) in [6, 6.07) is 16.2. The van der Waals surface area contributed by atoms with Gasteiger partial charge in [-0.05, 0) is 53.5 Å². The van der Waals surface area contributed by atoms with Crippen molar-refractivity contribution in [3.63, 3.8) is 0 Å². The minimum Gasteiger partial charge on any atom is -0.410 e. The summed E-state index contributed by atoms with van der Waals surface area (Å²) in [5.41, 5.74) is 1.14. The summed E-state index contributed by atoms with van der Waals surface area (Å²) < 4.78 is 5.33. The lowest BCUT2D eigenvalue weighted by Crippen LogP contribution is -2.56. The van der Waals surface area contributed by atoms with Crippen molar-refractivity contribution in [3.05, 3.63) is 65.2 Å². The molecule has 0 radical (unpaired) electrons. The van der Waals surface area contributed by atoms with Gasteiger partial charge < -0.3 is 15.0 Å². The van der Waals surface area contributed by atoms with E-state index in [1.54, 1.807) is 24.3 Å². The molecule has 1 aliphatic rings. The van der Waals surface area contributed by atoms with Gasteiger partial charge in [0.2, 0.25) is 5.91 Å². The molecule has 0 aromatic heterocycles. The van der Waals surface area contributed by atoms with Crippen LogP contribution in [-0.2, 0) is 4.79 Å². The van der Waals surface area contributed by atoms with Gasteiger partial charge in [0.15, 0.2) is 0 Å². The average molecular weight is 443 g/mol. The van der Waals surface area contributed by atoms with Crippen molar-refractivity contribution in [2.24, 2.45) is 11.3 Å². The Labute approximate surface area is 189 Å². The molecule has 1 heterocycles. The van der Waals surface area contributed by atoms with Crippen LogP contribution < -0.4 is 10.1 Å². The molecule has 6 heteroatoms. The Bertz CT molecular complexity index is 897. The number of nitrogens with one attached hydrogen (secondary N) is 1. The molecule has 1 unspecified atom stereocenters. The van der Waals surface area contributed by atoms with E-state index in [1.165, 1.54) is 5.56 Å². The van der Waals surface area contributed by atoms with Crippen molar-refractivity contribution < 1.29 is 14.3 Å².